The van der Waals surface area contributed by atoms with Crippen LogP contribution in [0.3, 0.4) is 0 Å². The first-order chi connectivity index (χ1) is 15.9. The summed E-state index contributed by atoms with van der Waals surface area (Å²) in [4.78, 5) is 17.7. The fraction of sp³-hybridized carbons (Fsp3) is 0.393. The molecule has 0 spiro atoms. The quantitative estimate of drug-likeness (QED) is 0.447. The number of nitrogens with zero attached hydrogens (tertiary/aromatic N) is 3. The van der Waals surface area contributed by atoms with Crippen molar-refractivity contribution in [1.29, 1.82) is 0 Å². The van der Waals surface area contributed by atoms with Gasteiger partial charge in [0.05, 0.1) is 16.7 Å². The van der Waals surface area contributed by atoms with E-state index >= 15 is 0 Å². The number of amides is 1. The van der Waals surface area contributed by atoms with Gasteiger partial charge in [0.2, 0.25) is 0 Å². The molecule has 3 fully saturated rings. The highest BCUT2D eigenvalue weighted by molar-refractivity contribution is 6.00. The van der Waals surface area contributed by atoms with Gasteiger partial charge in [0.1, 0.15) is 0 Å². The van der Waals surface area contributed by atoms with E-state index < -0.39 is 0 Å². The van der Waals surface area contributed by atoms with Crippen LogP contribution in [0, 0.1) is 30.1 Å². The van der Waals surface area contributed by atoms with Crippen LogP contribution in [0.2, 0.25) is 0 Å². The van der Waals surface area contributed by atoms with Crippen molar-refractivity contribution in [1.82, 2.24) is 19.9 Å². The Morgan fingerprint density at radius 3 is 2.73 bits per heavy atom. The van der Waals surface area contributed by atoms with Crippen molar-refractivity contribution in [2.24, 2.45) is 23.2 Å². The Morgan fingerprint density at radius 2 is 1.97 bits per heavy atom. The summed E-state index contributed by atoms with van der Waals surface area (Å²) >= 11 is 0. The second-order valence-electron chi connectivity index (χ2n) is 10.6. The molecule has 33 heavy (non-hydrogen) atoms. The Kier molecular flexibility index (Phi) is 4.58. The Morgan fingerprint density at radius 1 is 1.15 bits per heavy atom. The molecule has 7 rings (SSSR count). The third-order valence-corrected chi connectivity index (χ3v) is 8.43. The minimum absolute atomic E-state index is 0.0927. The molecule has 0 radical (unpaired) electrons. The first kappa shape index (κ1) is 20.4. The SMILES string of the molecule is Cc1ccc(-c2cc3ncccc3c3cc(C(=O)NC[C@@H]4CCC5CC4C5(C)C)nn23)cc1. The van der Waals surface area contributed by atoms with Crippen molar-refractivity contribution in [3.8, 4) is 11.3 Å². The van der Waals surface area contributed by atoms with Gasteiger partial charge >= 0.3 is 0 Å². The fourth-order valence-corrected chi connectivity index (χ4v) is 6.26. The van der Waals surface area contributed by atoms with Crippen LogP contribution in [-0.2, 0) is 0 Å². The zero-order chi connectivity index (χ0) is 22.7. The molecule has 168 valence electrons. The summed E-state index contributed by atoms with van der Waals surface area (Å²) in [5, 5.41) is 8.96. The number of hydrogen-bond donors (Lipinski definition) is 1. The zero-order valence-electron chi connectivity index (χ0n) is 19.5. The third-order valence-electron chi connectivity index (χ3n) is 8.43. The summed E-state index contributed by atoms with van der Waals surface area (Å²) in [5.41, 5.74) is 5.88. The lowest BCUT2D eigenvalue weighted by molar-refractivity contribution is -0.103. The molecule has 3 saturated carbocycles. The molecule has 1 aromatic carbocycles. The average molecular weight is 439 g/mol. The molecule has 3 aromatic heterocycles. The van der Waals surface area contributed by atoms with Gasteiger partial charge in [0.25, 0.3) is 5.91 Å². The number of aromatic nitrogens is 3. The molecule has 2 unspecified atom stereocenters. The number of aryl methyl sites for hydroxylation is 1. The van der Waals surface area contributed by atoms with Gasteiger partial charge in [0, 0.05) is 23.7 Å². The van der Waals surface area contributed by atoms with Gasteiger partial charge in [-0.25, -0.2) is 4.52 Å². The zero-order valence-corrected chi connectivity index (χ0v) is 19.5. The van der Waals surface area contributed by atoms with Crippen LogP contribution in [0.5, 0.6) is 0 Å². The van der Waals surface area contributed by atoms with Gasteiger partial charge < -0.3 is 5.32 Å². The largest absolute Gasteiger partial charge is 0.350 e. The number of carbonyl (C=O) groups excluding carboxylic acids is 1. The van der Waals surface area contributed by atoms with Crippen LogP contribution < -0.4 is 5.32 Å². The van der Waals surface area contributed by atoms with Crippen molar-refractivity contribution in [2.75, 3.05) is 6.54 Å². The predicted molar refractivity (Wildman–Crippen MR) is 131 cm³/mol. The second-order valence-corrected chi connectivity index (χ2v) is 10.6. The number of fused-ring (bicyclic) bond motifs is 5. The van der Waals surface area contributed by atoms with Crippen molar-refractivity contribution in [3.63, 3.8) is 0 Å². The summed E-state index contributed by atoms with van der Waals surface area (Å²) in [6.07, 6.45) is 5.63. The number of benzene rings is 1. The summed E-state index contributed by atoms with van der Waals surface area (Å²) < 4.78 is 1.89. The third kappa shape index (κ3) is 3.25. The molecular weight excluding hydrogens is 408 g/mol. The normalized spacial score (nSPS) is 23.4. The first-order valence-corrected chi connectivity index (χ1v) is 12.0. The Labute approximate surface area is 194 Å². The smallest absolute Gasteiger partial charge is 0.271 e. The minimum Gasteiger partial charge on any atom is -0.350 e. The summed E-state index contributed by atoms with van der Waals surface area (Å²) in [6, 6.07) is 16.3. The molecule has 5 nitrogen and oxygen atoms in total. The lowest BCUT2D eigenvalue weighted by atomic mass is 9.45. The van der Waals surface area contributed by atoms with Crippen LogP contribution in [0.15, 0.2) is 54.7 Å². The molecule has 3 atom stereocenters. The van der Waals surface area contributed by atoms with Crippen LogP contribution in [0.25, 0.3) is 27.7 Å². The van der Waals surface area contributed by atoms with Gasteiger partial charge in [-0.1, -0.05) is 43.7 Å². The van der Waals surface area contributed by atoms with E-state index in [-0.39, 0.29) is 5.91 Å². The molecule has 1 N–H and O–H groups in total. The maximum atomic E-state index is 13.2. The van der Waals surface area contributed by atoms with Crippen molar-refractivity contribution in [3.05, 3.63) is 66.0 Å². The van der Waals surface area contributed by atoms with Crippen molar-refractivity contribution in [2.45, 2.75) is 40.0 Å². The van der Waals surface area contributed by atoms with Crippen LogP contribution in [0.1, 0.15) is 49.2 Å². The molecule has 1 amide bonds. The van der Waals surface area contributed by atoms with Crippen molar-refractivity contribution >= 4 is 22.3 Å². The maximum absolute atomic E-state index is 13.2. The molecule has 5 heteroatoms. The van der Waals surface area contributed by atoms with Gasteiger partial charge in [-0.2, -0.15) is 5.10 Å². The highest BCUT2D eigenvalue weighted by Gasteiger charge is 2.53. The molecule has 0 aliphatic heterocycles. The van der Waals surface area contributed by atoms with Crippen LogP contribution in [-0.4, -0.2) is 27.0 Å². The average Bonchev–Trinajstić information content (AvgIpc) is 3.28. The standard InChI is InChI=1S/C28H30N4O/c1-17-6-8-18(9-7-17)25-14-23-21(5-4-12-29-23)26-15-24(31-32(25)26)27(33)30-16-19-10-11-20-13-22(19)28(20,2)3/h4-9,12,14-15,19-20,22H,10-11,13,16H2,1-3H3,(H,30,33)/t19-,20?,22?/m0/s1. The molecule has 3 aliphatic rings. The molecule has 3 heterocycles. The molecule has 0 saturated heterocycles. The summed E-state index contributed by atoms with van der Waals surface area (Å²) in [5.74, 6) is 2.07. The number of rotatable bonds is 4. The number of nitrogens with one attached hydrogen (secondary N) is 1. The van der Waals surface area contributed by atoms with Crippen molar-refractivity contribution < 1.29 is 4.79 Å². The van der Waals surface area contributed by atoms with E-state index in [1.165, 1.54) is 24.8 Å². The van der Waals surface area contributed by atoms with Gasteiger partial charge in [-0.15, -0.1) is 0 Å². The summed E-state index contributed by atoms with van der Waals surface area (Å²) in [7, 11) is 0. The van der Waals surface area contributed by atoms with Gasteiger partial charge in [-0.3, -0.25) is 9.78 Å². The molecular formula is C28H30N4O. The van der Waals surface area contributed by atoms with E-state index in [1.54, 1.807) is 6.20 Å². The lowest BCUT2D eigenvalue weighted by Gasteiger charge is -2.60. The monoisotopic (exact) mass is 438 g/mol. The first-order valence-electron chi connectivity index (χ1n) is 12.0. The minimum atomic E-state index is -0.0927. The number of hydrogen-bond acceptors (Lipinski definition) is 3. The van der Waals surface area contributed by atoms with E-state index in [4.69, 9.17) is 5.10 Å². The Balaban J connectivity index is 1.34. The summed E-state index contributed by atoms with van der Waals surface area (Å²) in [6.45, 7) is 7.61. The van der Waals surface area contributed by atoms with Crippen LogP contribution >= 0.6 is 0 Å². The van der Waals surface area contributed by atoms with E-state index in [1.807, 2.05) is 22.7 Å². The molecule has 3 aliphatic carbocycles. The number of pyridine rings is 2. The van der Waals surface area contributed by atoms with Gasteiger partial charge in [0.15, 0.2) is 5.69 Å². The highest BCUT2D eigenvalue weighted by Crippen LogP contribution is 2.61. The highest BCUT2D eigenvalue weighted by atomic mass is 16.1. The Hall–Kier alpha value is -3.21. The maximum Gasteiger partial charge on any atom is 0.271 e. The van der Waals surface area contributed by atoms with Crippen LogP contribution in [0.4, 0.5) is 0 Å². The molecule has 2 bridgehead atoms. The number of carbonyl (C=O) groups is 1. The Bertz CT molecular complexity index is 1370. The van der Waals surface area contributed by atoms with Gasteiger partial charge in [-0.05, 0) is 73.6 Å². The predicted octanol–water partition coefficient (Wildman–Crippen LogP) is 5.66. The van der Waals surface area contributed by atoms with E-state index in [0.29, 0.717) is 17.0 Å². The van der Waals surface area contributed by atoms with E-state index in [9.17, 15) is 4.79 Å². The second kappa shape index (κ2) is 7.41. The van der Waals surface area contributed by atoms with E-state index in [0.717, 1.165) is 46.1 Å². The lowest BCUT2D eigenvalue weighted by Crippen LogP contribution is -2.54. The topological polar surface area (TPSA) is 59.3 Å². The van der Waals surface area contributed by atoms with E-state index in [2.05, 4.69) is 61.4 Å². The fourth-order valence-electron chi connectivity index (χ4n) is 6.26. The molecule has 4 aromatic rings.